The maximum absolute atomic E-state index is 6.42. The molecule has 0 saturated carbocycles. The van der Waals surface area contributed by atoms with Crippen LogP contribution >= 0.6 is 35.1 Å². The van der Waals surface area contributed by atoms with Gasteiger partial charge in [-0.3, -0.25) is 4.68 Å². The van der Waals surface area contributed by atoms with E-state index in [-0.39, 0.29) is 6.04 Å². The summed E-state index contributed by atoms with van der Waals surface area (Å²) in [6.45, 7) is 8.39. The first-order chi connectivity index (χ1) is 9.72. The molecule has 1 aliphatic rings. The molecule has 1 aliphatic heterocycles. The minimum absolute atomic E-state index is 0.290. The fourth-order valence-corrected chi connectivity index (χ4v) is 6.25. The predicted molar refractivity (Wildman–Crippen MR) is 92.1 cm³/mol. The zero-order chi connectivity index (χ0) is 14.5. The maximum atomic E-state index is 6.42. The van der Waals surface area contributed by atoms with Gasteiger partial charge >= 0.3 is 0 Å². The van der Waals surface area contributed by atoms with Crippen molar-refractivity contribution in [3.63, 3.8) is 0 Å². The lowest BCUT2D eigenvalue weighted by Crippen LogP contribution is -2.40. The lowest BCUT2D eigenvalue weighted by molar-refractivity contribution is 0.467. The average Bonchev–Trinajstić information content (AvgIpc) is 2.85. The molecule has 114 valence electrons. The Hall–Kier alpha value is 0.160. The average molecular weight is 334 g/mol. The van der Waals surface area contributed by atoms with Gasteiger partial charge in [0.15, 0.2) is 0 Å². The third-order valence-electron chi connectivity index (χ3n) is 3.67. The van der Waals surface area contributed by atoms with Crippen LogP contribution in [0.25, 0.3) is 0 Å². The zero-order valence-corrected chi connectivity index (χ0v) is 14.8. The molecular formula is C14H24ClN3S2. The molecule has 0 amide bonds. The Bertz CT molecular complexity index is 425. The van der Waals surface area contributed by atoms with Crippen LogP contribution in [0.15, 0.2) is 6.20 Å². The van der Waals surface area contributed by atoms with Crippen molar-refractivity contribution in [2.24, 2.45) is 0 Å². The van der Waals surface area contributed by atoms with E-state index in [4.69, 9.17) is 11.6 Å². The first kappa shape index (κ1) is 16.5. The number of hydrogen-bond donors (Lipinski definition) is 1. The van der Waals surface area contributed by atoms with Crippen LogP contribution in [0.1, 0.15) is 38.9 Å². The summed E-state index contributed by atoms with van der Waals surface area (Å²) >= 11 is 10.6. The van der Waals surface area contributed by atoms with E-state index in [1.165, 1.54) is 17.9 Å². The lowest BCUT2D eigenvalue weighted by Gasteiger charge is -2.36. The molecule has 0 aliphatic carbocycles. The van der Waals surface area contributed by atoms with Crippen molar-refractivity contribution in [1.82, 2.24) is 15.1 Å². The molecule has 0 bridgehead atoms. The molecule has 6 heteroatoms. The van der Waals surface area contributed by atoms with E-state index < -0.39 is 0 Å². The van der Waals surface area contributed by atoms with Crippen molar-refractivity contribution >= 4 is 35.1 Å². The van der Waals surface area contributed by atoms with Gasteiger partial charge in [0.2, 0.25) is 0 Å². The molecule has 2 heterocycles. The molecule has 3 unspecified atom stereocenters. The van der Waals surface area contributed by atoms with E-state index in [0.717, 1.165) is 23.8 Å². The quantitative estimate of drug-likeness (QED) is 0.856. The topological polar surface area (TPSA) is 29.9 Å². The van der Waals surface area contributed by atoms with Gasteiger partial charge in [-0.1, -0.05) is 25.4 Å². The fourth-order valence-electron chi connectivity index (χ4n) is 2.77. The second-order valence-corrected chi connectivity index (χ2v) is 7.92. The minimum Gasteiger partial charge on any atom is -0.308 e. The Balaban J connectivity index is 2.31. The number of halogens is 1. The van der Waals surface area contributed by atoms with Crippen molar-refractivity contribution < 1.29 is 0 Å². The van der Waals surface area contributed by atoms with Gasteiger partial charge in [0.25, 0.3) is 0 Å². The monoisotopic (exact) mass is 333 g/mol. The molecule has 0 spiro atoms. The summed E-state index contributed by atoms with van der Waals surface area (Å²) in [5, 5.41) is 10.1. The molecule has 3 nitrogen and oxygen atoms in total. The van der Waals surface area contributed by atoms with Gasteiger partial charge in [-0.2, -0.15) is 28.6 Å². The van der Waals surface area contributed by atoms with Crippen LogP contribution in [-0.4, -0.2) is 38.3 Å². The Morgan fingerprint density at radius 2 is 2.15 bits per heavy atom. The smallest absolute Gasteiger partial charge is 0.0834 e. The highest BCUT2D eigenvalue weighted by molar-refractivity contribution is 8.07. The summed E-state index contributed by atoms with van der Waals surface area (Å²) in [4.78, 5) is 0. The second-order valence-electron chi connectivity index (χ2n) is 4.88. The zero-order valence-electron chi connectivity index (χ0n) is 12.4. The van der Waals surface area contributed by atoms with E-state index in [1.54, 1.807) is 6.20 Å². The largest absolute Gasteiger partial charge is 0.308 e. The molecule has 0 radical (unpaired) electrons. The van der Waals surface area contributed by atoms with Crippen molar-refractivity contribution in [1.29, 1.82) is 0 Å². The standard InChI is InChI=1S/C14H24ClN3S2/c1-4-11-14(20-8-7-19-11)12(16-5-2)13-10(15)9-17-18(13)6-3/h9,11-12,14,16H,4-8H2,1-3H3. The molecule has 1 aromatic rings. The summed E-state index contributed by atoms with van der Waals surface area (Å²) in [6, 6.07) is 0.290. The second kappa shape index (κ2) is 7.97. The van der Waals surface area contributed by atoms with Crippen LogP contribution in [0, 0.1) is 0 Å². The van der Waals surface area contributed by atoms with Crippen LogP contribution in [-0.2, 0) is 6.54 Å². The van der Waals surface area contributed by atoms with Crippen LogP contribution in [0.5, 0.6) is 0 Å². The van der Waals surface area contributed by atoms with Crippen molar-refractivity contribution in [2.75, 3.05) is 18.1 Å². The highest BCUT2D eigenvalue weighted by atomic mass is 35.5. The van der Waals surface area contributed by atoms with Crippen LogP contribution < -0.4 is 5.32 Å². The number of hydrogen-bond acceptors (Lipinski definition) is 4. The van der Waals surface area contributed by atoms with E-state index in [9.17, 15) is 0 Å². The summed E-state index contributed by atoms with van der Waals surface area (Å²) in [5.41, 5.74) is 1.16. The minimum atomic E-state index is 0.290. The fraction of sp³-hybridized carbons (Fsp3) is 0.786. The number of rotatable bonds is 6. The van der Waals surface area contributed by atoms with Gasteiger partial charge in [0, 0.05) is 28.6 Å². The number of aromatic nitrogens is 2. The van der Waals surface area contributed by atoms with Gasteiger partial charge in [0.1, 0.15) is 0 Å². The van der Waals surface area contributed by atoms with Crippen LogP contribution in [0.2, 0.25) is 5.02 Å². The molecule has 2 rings (SSSR count). The van der Waals surface area contributed by atoms with Crippen molar-refractivity contribution in [3.05, 3.63) is 16.9 Å². The Labute approximate surface area is 135 Å². The van der Waals surface area contributed by atoms with Gasteiger partial charge in [-0.25, -0.2) is 0 Å². The number of thioether (sulfide) groups is 2. The van der Waals surface area contributed by atoms with Crippen LogP contribution in [0.3, 0.4) is 0 Å². The van der Waals surface area contributed by atoms with Crippen molar-refractivity contribution in [2.45, 2.75) is 50.3 Å². The first-order valence-electron chi connectivity index (χ1n) is 7.40. The third-order valence-corrected chi connectivity index (χ3v) is 7.32. The molecular weight excluding hydrogens is 310 g/mol. The maximum Gasteiger partial charge on any atom is 0.0834 e. The Kier molecular flexibility index (Phi) is 6.59. The summed E-state index contributed by atoms with van der Waals surface area (Å²) in [6.07, 6.45) is 2.99. The molecule has 1 aromatic heterocycles. The normalized spacial score (nSPS) is 24.8. The van der Waals surface area contributed by atoms with E-state index in [2.05, 4.69) is 54.7 Å². The van der Waals surface area contributed by atoms with Gasteiger partial charge < -0.3 is 5.32 Å². The number of nitrogens with zero attached hydrogens (tertiary/aromatic N) is 2. The highest BCUT2D eigenvalue weighted by Crippen LogP contribution is 2.41. The molecule has 1 fully saturated rings. The van der Waals surface area contributed by atoms with E-state index in [0.29, 0.717) is 10.5 Å². The molecule has 1 saturated heterocycles. The van der Waals surface area contributed by atoms with Gasteiger partial charge in [0.05, 0.1) is 23.0 Å². The highest BCUT2D eigenvalue weighted by Gasteiger charge is 2.35. The van der Waals surface area contributed by atoms with Gasteiger partial charge in [-0.05, 0) is 19.9 Å². The SMILES string of the molecule is CCNC(c1c(Cl)cnn1CC)C1SCCSC1CC. The van der Waals surface area contributed by atoms with E-state index >= 15 is 0 Å². The molecule has 3 atom stereocenters. The Morgan fingerprint density at radius 1 is 1.40 bits per heavy atom. The van der Waals surface area contributed by atoms with Gasteiger partial charge in [-0.15, -0.1) is 0 Å². The van der Waals surface area contributed by atoms with Crippen molar-refractivity contribution in [3.8, 4) is 0 Å². The van der Waals surface area contributed by atoms with E-state index in [1.807, 2.05) is 4.68 Å². The lowest BCUT2D eigenvalue weighted by atomic mass is 10.0. The predicted octanol–water partition coefficient (Wildman–Crippen LogP) is 3.83. The molecule has 1 N–H and O–H groups in total. The van der Waals surface area contributed by atoms with Crippen LogP contribution in [0.4, 0.5) is 0 Å². The Morgan fingerprint density at radius 3 is 2.80 bits per heavy atom. The summed E-state index contributed by atoms with van der Waals surface area (Å²) in [5.74, 6) is 2.49. The third kappa shape index (κ3) is 3.49. The molecule has 0 aromatic carbocycles. The number of aryl methyl sites for hydroxylation is 1. The molecule has 20 heavy (non-hydrogen) atoms. The summed E-state index contributed by atoms with van der Waals surface area (Å²) in [7, 11) is 0. The first-order valence-corrected chi connectivity index (χ1v) is 9.88. The summed E-state index contributed by atoms with van der Waals surface area (Å²) < 4.78 is 2.04. The number of nitrogens with one attached hydrogen (secondary N) is 1.